The van der Waals surface area contributed by atoms with E-state index in [0.29, 0.717) is 18.7 Å². The molecule has 0 aromatic heterocycles. The smallest absolute Gasteiger partial charge is 0.243 e. The van der Waals surface area contributed by atoms with Gasteiger partial charge in [0.15, 0.2) is 0 Å². The van der Waals surface area contributed by atoms with Crippen molar-refractivity contribution in [2.45, 2.75) is 64.9 Å². The van der Waals surface area contributed by atoms with Crippen LogP contribution in [0.5, 0.6) is 0 Å². The molecule has 0 aliphatic heterocycles. The quantitative estimate of drug-likeness (QED) is 0.365. The summed E-state index contributed by atoms with van der Waals surface area (Å²) >= 11 is 1.59. The number of rotatable bonds is 10. The summed E-state index contributed by atoms with van der Waals surface area (Å²) in [5.41, 5.74) is 5.22. The van der Waals surface area contributed by atoms with Gasteiger partial charge in [0.25, 0.3) is 0 Å². The van der Waals surface area contributed by atoms with Crippen molar-refractivity contribution in [2.75, 3.05) is 5.75 Å². The number of carbonyl (C=O) groups is 2. The molecule has 3 aromatic rings. The Bertz CT molecular complexity index is 1120. The predicted octanol–water partition coefficient (Wildman–Crippen LogP) is 6.09. The summed E-state index contributed by atoms with van der Waals surface area (Å²) in [7, 11) is 0. The van der Waals surface area contributed by atoms with E-state index in [1.54, 1.807) is 16.7 Å². The molecule has 190 valence electrons. The van der Waals surface area contributed by atoms with Crippen LogP contribution in [0, 0.1) is 13.8 Å². The standard InChI is InChI=1S/C31H38N2O2S/c1-23-11-15-26(16-12-23)20-33(29(34)22-36-21-27-17-13-24(2)14-18-27)28(30(35)32-31(3,4)5)19-25-9-7-6-8-10-25/h6-18,28H,19-22H2,1-5H3,(H,32,35). The van der Waals surface area contributed by atoms with E-state index in [1.807, 2.05) is 82.3 Å². The van der Waals surface area contributed by atoms with Crippen LogP contribution in [0.2, 0.25) is 0 Å². The number of hydrogen-bond acceptors (Lipinski definition) is 3. The van der Waals surface area contributed by atoms with Gasteiger partial charge in [-0.2, -0.15) is 0 Å². The lowest BCUT2D eigenvalue weighted by Crippen LogP contribution is -2.54. The average Bonchev–Trinajstić information content (AvgIpc) is 2.83. The molecule has 4 nitrogen and oxygen atoms in total. The molecule has 0 aliphatic rings. The fraction of sp³-hybridized carbons (Fsp3) is 0.355. The van der Waals surface area contributed by atoms with Gasteiger partial charge in [0, 0.05) is 24.3 Å². The van der Waals surface area contributed by atoms with Crippen molar-refractivity contribution in [1.82, 2.24) is 10.2 Å². The largest absolute Gasteiger partial charge is 0.350 e. The fourth-order valence-corrected chi connectivity index (χ4v) is 4.79. The minimum Gasteiger partial charge on any atom is -0.350 e. The second-order valence-electron chi connectivity index (χ2n) is 10.4. The van der Waals surface area contributed by atoms with Crippen molar-refractivity contribution in [3.63, 3.8) is 0 Å². The van der Waals surface area contributed by atoms with Gasteiger partial charge in [-0.15, -0.1) is 11.8 Å². The second kappa shape index (κ2) is 12.8. The molecule has 3 aromatic carbocycles. The van der Waals surface area contributed by atoms with Crippen molar-refractivity contribution < 1.29 is 9.59 Å². The van der Waals surface area contributed by atoms with E-state index in [1.165, 1.54) is 11.1 Å². The van der Waals surface area contributed by atoms with Gasteiger partial charge in [-0.3, -0.25) is 9.59 Å². The molecule has 0 bridgehead atoms. The molecular formula is C31H38N2O2S. The lowest BCUT2D eigenvalue weighted by atomic mass is 10.0. The molecule has 36 heavy (non-hydrogen) atoms. The Hall–Kier alpha value is -3.05. The van der Waals surface area contributed by atoms with E-state index < -0.39 is 11.6 Å². The summed E-state index contributed by atoms with van der Waals surface area (Å²) in [6, 6.07) is 25.9. The number of nitrogens with one attached hydrogen (secondary N) is 1. The Kier molecular flexibility index (Phi) is 9.77. The number of benzene rings is 3. The lowest BCUT2D eigenvalue weighted by Gasteiger charge is -2.34. The molecule has 1 unspecified atom stereocenters. The van der Waals surface area contributed by atoms with Crippen LogP contribution < -0.4 is 5.32 Å². The third-order valence-corrected chi connectivity index (χ3v) is 6.85. The molecule has 0 fully saturated rings. The number of amides is 2. The molecule has 0 spiro atoms. The van der Waals surface area contributed by atoms with Gasteiger partial charge in [0.2, 0.25) is 11.8 Å². The van der Waals surface area contributed by atoms with Gasteiger partial charge in [0.05, 0.1) is 5.75 Å². The number of nitrogens with zero attached hydrogens (tertiary/aromatic N) is 1. The zero-order valence-corrected chi connectivity index (χ0v) is 22.9. The summed E-state index contributed by atoms with van der Waals surface area (Å²) in [4.78, 5) is 29.0. The maximum atomic E-state index is 13.7. The molecule has 1 atom stereocenters. The van der Waals surface area contributed by atoms with E-state index in [4.69, 9.17) is 0 Å². The summed E-state index contributed by atoms with van der Waals surface area (Å²) in [6.07, 6.45) is 0.461. The Balaban J connectivity index is 1.85. The third-order valence-electron chi connectivity index (χ3n) is 5.86. The molecule has 0 radical (unpaired) electrons. The lowest BCUT2D eigenvalue weighted by molar-refractivity contribution is -0.140. The molecule has 0 saturated heterocycles. The minimum absolute atomic E-state index is 0.0299. The van der Waals surface area contributed by atoms with E-state index in [-0.39, 0.29) is 11.8 Å². The van der Waals surface area contributed by atoms with E-state index in [2.05, 4.69) is 36.5 Å². The van der Waals surface area contributed by atoms with Gasteiger partial charge in [-0.05, 0) is 51.3 Å². The highest BCUT2D eigenvalue weighted by atomic mass is 32.2. The van der Waals surface area contributed by atoms with Crippen molar-refractivity contribution in [2.24, 2.45) is 0 Å². The van der Waals surface area contributed by atoms with Gasteiger partial charge in [-0.1, -0.05) is 90.0 Å². The highest BCUT2D eigenvalue weighted by Crippen LogP contribution is 2.19. The summed E-state index contributed by atoms with van der Waals surface area (Å²) in [5, 5.41) is 3.12. The van der Waals surface area contributed by atoms with Crippen LogP contribution in [-0.4, -0.2) is 34.0 Å². The molecule has 0 saturated carbocycles. The van der Waals surface area contributed by atoms with E-state index >= 15 is 0 Å². The van der Waals surface area contributed by atoms with Crippen LogP contribution in [0.3, 0.4) is 0 Å². The molecule has 1 N–H and O–H groups in total. The van der Waals surface area contributed by atoms with E-state index in [0.717, 1.165) is 22.4 Å². The molecule has 2 amide bonds. The maximum absolute atomic E-state index is 13.7. The first-order chi connectivity index (χ1) is 17.1. The Morgan fingerprint density at radius 3 is 1.92 bits per heavy atom. The first-order valence-electron chi connectivity index (χ1n) is 12.4. The highest BCUT2D eigenvalue weighted by Gasteiger charge is 2.32. The fourth-order valence-electron chi connectivity index (χ4n) is 3.92. The minimum atomic E-state index is -0.611. The van der Waals surface area contributed by atoms with Crippen molar-refractivity contribution in [3.8, 4) is 0 Å². The molecular weight excluding hydrogens is 464 g/mol. The number of thioether (sulfide) groups is 1. The number of hydrogen-bond donors (Lipinski definition) is 1. The van der Waals surface area contributed by atoms with Crippen molar-refractivity contribution >= 4 is 23.6 Å². The number of aryl methyl sites for hydroxylation is 2. The molecule has 5 heteroatoms. The van der Waals surface area contributed by atoms with Gasteiger partial charge < -0.3 is 10.2 Å². The first kappa shape index (κ1) is 27.5. The van der Waals surface area contributed by atoms with Crippen LogP contribution in [0.25, 0.3) is 0 Å². The first-order valence-corrected chi connectivity index (χ1v) is 13.6. The summed E-state index contributed by atoms with van der Waals surface area (Å²) < 4.78 is 0. The second-order valence-corrected chi connectivity index (χ2v) is 11.4. The third kappa shape index (κ3) is 8.87. The monoisotopic (exact) mass is 502 g/mol. The topological polar surface area (TPSA) is 49.4 Å². The normalized spacial score (nSPS) is 12.1. The van der Waals surface area contributed by atoms with Crippen molar-refractivity contribution in [3.05, 3.63) is 107 Å². The zero-order chi connectivity index (χ0) is 26.1. The Morgan fingerprint density at radius 1 is 0.806 bits per heavy atom. The maximum Gasteiger partial charge on any atom is 0.243 e. The highest BCUT2D eigenvalue weighted by molar-refractivity contribution is 7.99. The van der Waals surface area contributed by atoms with Gasteiger partial charge in [0.1, 0.15) is 6.04 Å². The van der Waals surface area contributed by atoms with Gasteiger partial charge >= 0.3 is 0 Å². The van der Waals surface area contributed by atoms with Crippen molar-refractivity contribution in [1.29, 1.82) is 0 Å². The van der Waals surface area contributed by atoms with Crippen LogP contribution >= 0.6 is 11.8 Å². The predicted molar refractivity (Wildman–Crippen MR) is 151 cm³/mol. The average molecular weight is 503 g/mol. The Labute approximate surface area is 220 Å². The van der Waals surface area contributed by atoms with Crippen LogP contribution in [0.4, 0.5) is 0 Å². The Morgan fingerprint density at radius 2 is 1.36 bits per heavy atom. The number of carbonyl (C=O) groups excluding carboxylic acids is 2. The van der Waals surface area contributed by atoms with Gasteiger partial charge in [-0.25, -0.2) is 0 Å². The summed E-state index contributed by atoms with van der Waals surface area (Å²) in [6.45, 7) is 10.4. The molecule has 0 heterocycles. The molecule has 0 aliphatic carbocycles. The van der Waals surface area contributed by atoms with Crippen LogP contribution in [-0.2, 0) is 28.3 Å². The van der Waals surface area contributed by atoms with Crippen LogP contribution in [0.1, 0.15) is 48.6 Å². The van der Waals surface area contributed by atoms with Crippen LogP contribution in [0.15, 0.2) is 78.9 Å². The SMILES string of the molecule is Cc1ccc(CSCC(=O)N(Cc2ccc(C)cc2)C(Cc2ccccc2)C(=O)NC(C)(C)C)cc1. The molecule has 3 rings (SSSR count). The zero-order valence-electron chi connectivity index (χ0n) is 22.1. The summed E-state index contributed by atoms with van der Waals surface area (Å²) in [5.74, 6) is 0.906. The van der Waals surface area contributed by atoms with E-state index in [9.17, 15) is 9.59 Å².